The quantitative estimate of drug-likeness (QED) is 0.451. The van der Waals surface area contributed by atoms with Gasteiger partial charge in [0.2, 0.25) is 0 Å². The number of fused-ring (bicyclic) bond motifs is 2. The Morgan fingerprint density at radius 2 is 1.34 bits per heavy atom. The Hall–Kier alpha value is -1.48. The minimum Gasteiger partial charge on any atom is -0.465 e. The van der Waals surface area contributed by atoms with E-state index in [0.29, 0.717) is 19.8 Å². The Bertz CT molecular complexity index is 620. The van der Waals surface area contributed by atoms with Crippen molar-refractivity contribution in [3.63, 3.8) is 0 Å². The van der Waals surface area contributed by atoms with E-state index in [1.165, 1.54) is 0 Å². The van der Waals surface area contributed by atoms with Crippen molar-refractivity contribution in [2.75, 3.05) is 6.61 Å². The standard InChI is InChI=1S/C19H26F6O4/c1-10(26)29-17(18(20,21)22,19(23,24)25)8-13-6-12-5-11(13)7-14(12)9-28-15(27)16(2,3)4/h11-14H,5-9H2,1-4H3. The lowest BCUT2D eigenvalue weighted by molar-refractivity contribution is -0.374. The highest BCUT2D eigenvalue weighted by molar-refractivity contribution is 5.75. The number of ether oxygens (including phenoxy) is 2. The van der Waals surface area contributed by atoms with Gasteiger partial charge in [-0.25, -0.2) is 0 Å². The second-order valence-electron chi connectivity index (χ2n) is 9.22. The van der Waals surface area contributed by atoms with Gasteiger partial charge in [-0.05, 0) is 63.7 Å². The molecule has 29 heavy (non-hydrogen) atoms. The van der Waals surface area contributed by atoms with Gasteiger partial charge >= 0.3 is 29.9 Å². The van der Waals surface area contributed by atoms with Crippen LogP contribution in [0.25, 0.3) is 0 Å². The van der Waals surface area contributed by atoms with E-state index in [9.17, 15) is 35.9 Å². The van der Waals surface area contributed by atoms with Crippen molar-refractivity contribution in [3.05, 3.63) is 0 Å². The second-order valence-corrected chi connectivity index (χ2v) is 9.22. The van der Waals surface area contributed by atoms with Crippen molar-refractivity contribution >= 4 is 11.9 Å². The average Bonchev–Trinajstić information content (AvgIpc) is 3.07. The Balaban J connectivity index is 2.10. The third-order valence-corrected chi connectivity index (χ3v) is 5.97. The van der Waals surface area contributed by atoms with Crippen molar-refractivity contribution < 1.29 is 45.4 Å². The van der Waals surface area contributed by atoms with Gasteiger partial charge in [-0.1, -0.05) is 0 Å². The van der Waals surface area contributed by atoms with E-state index in [4.69, 9.17) is 4.74 Å². The average molecular weight is 432 g/mol. The third-order valence-electron chi connectivity index (χ3n) is 5.97. The molecule has 168 valence electrons. The first-order valence-electron chi connectivity index (χ1n) is 9.48. The minimum atomic E-state index is -5.78. The van der Waals surface area contributed by atoms with Crippen LogP contribution in [-0.4, -0.2) is 36.5 Å². The van der Waals surface area contributed by atoms with Crippen LogP contribution in [0.3, 0.4) is 0 Å². The SMILES string of the molecule is CC(=O)OC(CC1CC2CC1CC2COC(=O)C(C)(C)C)(C(F)(F)F)C(F)(F)F. The molecule has 0 aliphatic heterocycles. The van der Waals surface area contributed by atoms with Crippen molar-refractivity contribution in [1.82, 2.24) is 0 Å². The predicted octanol–water partition coefficient (Wildman–Crippen LogP) is 5.05. The van der Waals surface area contributed by atoms with Crippen LogP contribution in [0.15, 0.2) is 0 Å². The summed E-state index contributed by atoms with van der Waals surface area (Å²) in [4.78, 5) is 23.0. The smallest absolute Gasteiger partial charge is 0.437 e. The molecule has 2 fully saturated rings. The van der Waals surface area contributed by atoms with Crippen molar-refractivity contribution in [1.29, 1.82) is 0 Å². The summed E-state index contributed by atoms with van der Waals surface area (Å²) in [5.74, 6) is -3.47. The molecule has 2 aliphatic rings. The van der Waals surface area contributed by atoms with Gasteiger partial charge in [0.05, 0.1) is 12.0 Å². The summed E-state index contributed by atoms with van der Waals surface area (Å²) in [5.41, 5.74) is -5.20. The van der Waals surface area contributed by atoms with Crippen LogP contribution >= 0.6 is 0 Å². The molecule has 0 N–H and O–H groups in total. The zero-order valence-electron chi connectivity index (χ0n) is 16.7. The van der Waals surface area contributed by atoms with Crippen LogP contribution in [0.1, 0.15) is 53.4 Å². The summed E-state index contributed by atoms with van der Waals surface area (Å²) < 4.78 is 90.0. The molecule has 4 atom stereocenters. The van der Waals surface area contributed by atoms with E-state index in [2.05, 4.69) is 4.74 Å². The van der Waals surface area contributed by atoms with Gasteiger partial charge in [0.15, 0.2) is 0 Å². The molecule has 0 radical (unpaired) electrons. The van der Waals surface area contributed by atoms with Crippen LogP contribution < -0.4 is 0 Å². The number of rotatable bonds is 5. The Morgan fingerprint density at radius 1 is 0.862 bits per heavy atom. The number of carbonyl (C=O) groups excluding carboxylic acids is 2. The molecular formula is C19H26F6O4. The third kappa shape index (κ3) is 4.82. The van der Waals surface area contributed by atoms with E-state index < -0.39 is 47.6 Å². The first-order chi connectivity index (χ1) is 13.0. The number of carbonyl (C=O) groups is 2. The number of halogens is 6. The molecular weight excluding hydrogens is 406 g/mol. The van der Waals surface area contributed by atoms with E-state index in [0.717, 1.165) is 0 Å². The largest absolute Gasteiger partial charge is 0.465 e. The fraction of sp³-hybridized carbons (Fsp3) is 0.895. The van der Waals surface area contributed by atoms with Crippen LogP contribution in [0, 0.1) is 29.1 Å². The van der Waals surface area contributed by atoms with Crippen LogP contribution in [-0.2, 0) is 19.1 Å². The summed E-state index contributed by atoms with van der Waals surface area (Å²) in [6, 6.07) is 0. The lowest BCUT2D eigenvalue weighted by Crippen LogP contribution is -2.60. The lowest BCUT2D eigenvalue weighted by Gasteiger charge is -2.40. The number of hydrogen-bond acceptors (Lipinski definition) is 4. The molecule has 0 aromatic heterocycles. The fourth-order valence-electron chi connectivity index (χ4n) is 4.53. The summed E-state index contributed by atoms with van der Waals surface area (Å²) in [6.45, 7) is 5.71. The zero-order valence-corrected chi connectivity index (χ0v) is 16.7. The first-order valence-corrected chi connectivity index (χ1v) is 9.48. The van der Waals surface area contributed by atoms with E-state index in [1.807, 2.05) is 0 Å². The molecule has 0 heterocycles. The molecule has 2 bridgehead atoms. The number of alkyl halides is 6. The zero-order chi connectivity index (χ0) is 22.4. The highest BCUT2D eigenvalue weighted by atomic mass is 19.4. The highest BCUT2D eigenvalue weighted by Crippen LogP contribution is 2.58. The van der Waals surface area contributed by atoms with Crippen molar-refractivity contribution in [2.45, 2.75) is 71.3 Å². The normalized spacial score (nSPS) is 27.8. The highest BCUT2D eigenvalue weighted by Gasteiger charge is 2.75. The first kappa shape index (κ1) is 23.8. The molecule has 0 saturated heterocycles. The Kier molecular flexibility index (Phi) is 6.28. The Morgan fingerprint density at radius 3 is 1.72 bits per heavy atom. The van der Waals surface area contributed by atoms with Crippen LogP contribution in [0.4, 0.5) is 26.3 Å². The van der Waals surface area contributed by atoms with Gasteiger partial charge in [-0.15, -0.1) is 0 Å². The van der Waals surface area contributed by atoms with E-state index in [-0.39, 0.29) is 30.8 Å². The molecule has 2 rings (SSSR count). The maximum atomic E-state index is 13.5. The van der Waals surface area contributed by atoms with Gasteiger partial charge in [0, 0.05) is 13.3 Å². The van der Waals surface area contributed by atoms with Crippen LogP contribution in [0.2, 0.25) is 0 Å². The molecule has 0 aromatic carbocycles. The van der Waals surface area contributed by atoms with Gasteiger partial charge < -0.3 is 9.47 Å². The predicted molar refractivity (Wildman–Crippen MR) is 89.4 cm³/mol. The second kappa shape index (κ2) is 7.65. The van der Waals surface area contributed by atoms with Gasteiger partial charge in [0.1, 0.15) is 0 Å². The maximum Gasteiger partial charge on any atom is 0.437 e. The summed E-state index contributed by atoms with van der Waals surface area (Å²) in [7, 11) is 0. The monoisotopic (exact) mass is 432 g/mol. The summed E-state index contributed by atoms with van der Waals surface area (Å²) in [6.07, 6.45) is -11.9. The van der Waals surface area contributed by atoms with Gasteiger partial charge in [-0.2, -0.15) is 26.3 Å². The number of esters is 2. The lowest BCUT2D eigenvalue weighted by atomic mass is 9.76. The summed E-state index contributed by atoms with van der Waals surface area (Å²) >= 11 is 0. The van der Waals surface area contributed by atoms with Crippen LogP contribution in [0.5, 0.6) is 0 Å². The Labute approximate surface area is 165 Å². The van der Waals surface area contributed by atoms with Crippen molar-refractivity contribution in [2.24, 2.45) is 29.1 Å². The molecule has 2 aliphatic carbocycles. The molecule has 4 unspecified atom stereocenters. The molecule has 0 aromatic rings. The molecule has 10 heteroatoms. The maximum absolute atomic E-state index is 13.5. The van der Waals surface area contributed by atoms with Gasteiger partial charge in [0.25, 0.3) is 0 Å². The summed E-state index contributed by atoms with van der Waals surface area (Å²) in [5, 5.41) is 0. The molecule has 0 amide bonds. The fourth-order valence-corrected chi connectivity index (χ4v) is 4.53. The molecule has 0 spiro atoms. The minimum absolute atomic E-state index is 0.0811. The molecule has 2 saturated carbocycles. The van der Waals surface area contributed by atoms with E-state index in [1.54, 1.807) is 20.8 Å². The number of hydrogen-bond donors (Lipinski definition) is 0. The van der Waals surface area contributed by atoms with Crippen molar-refractivity contribution in [3.8, 4) is 0 Å². The topological polar surface area (TPSA) is 52.6 Å². The van der Waals surface area contributed by atoms with E-state index >= 15 is 0 Å². The van der Waals surface area contributed by atoms with Gasteiger partial charge in [-0.3, -0.25) is 9.59 Å². The molecule has 4 nitrogen and oxygen atoms in total.